The van der Waals surface area contributed by atoms with Crippen LogP contribution >= 0.6 is 0 Å². The molecule has 5 nitrogen and oxygen atoms in total. The van der Waals surface area contributed by atoms with Crippen LogP contribution in [-0.2, 0) is 11.2 Å². The van der Waals surface area contributed by atoms with E-state index in [-0.39, 0.29) is 24.7 Å². The highest BCUT2D eigenvalue weighted by molar-refractivity contribution is 5.94. The predicted octanol–water partition coefficient (Wildman–Crippen LogP) is 1.59. The Morgan fingerprint density at radius 1 is 1.47 bits per heavy atom. The molecule has 19 heavy (non-hydrogen) atoms. The van der Waals surface area contributed by atoms with Gasteiger partial charge in [0.25, 0.3) is 5.91 Å². The van der Waals surface area contributed by atoms with E-state index in [2.05, 4.69) is 5.32 Å². The van der Waals surface area contributed by atoms with Gasteiger partial charge in [-0.3, -0.25) is 9.59 Å². The number of nitriles is 1. The number of rotatable bonds is 6. The number of aliphatic carboxylic acids is 1. The number of carboxylic acid groups (broad SMARTS) is 1. The van der Waals surface area contributed by atoms with Crippen molar-refractivity contribution < 1.29 is 14.7 Å². The third-order valence-corrected chi connectivity index (χ3v) is 2.61. The molecule has 1 unspecified atom stereocenters. The Labute approximate surface area is 111 Å². The summed E-state index contributed by atoms with van der Waals surface area (Å²) < 4.78 is 0. The first kappa shape index (κ1) is 14.7. The molecular weight excluding hydrogens is 244 g/mol. The van der Waals surface area contributed by atoms with Crippen molar-refractivity contribution in [2.24, 2.45) is 5.92 Å². The minimum atomic E-state index is -0.877. The molecule has 1 aromatic carbocycles. The van der Waals surface area contributed by atoms with Gasteiger partial charge in [-0.15, -0.1) is 0 Å². The van der Waals surface area contributed by atoms with E-state index in [1.807, 2.05) is 6.07 Å². The highest BCUT2D eigenvalue weighted by Gasteiger charge is 2.10. The third kappa shape index (κ3) is 5.21. The number of hydrogen-bond acceptors (Lipinski definition) is 3. The standard InChI is InChI=1S/C14H16N2O3/c1-10(7-13(17)18)9-16-14(19)12-4-2-3-11(8-12)5-6-15/h2-4,8,10H,5,7,9H2,1H3,(H,16,19)(H,17,18). The summed E-state index contributed by atoms with van der Waals surface area (Å²) in [5.74, 6) is -1.25. The maximum atomic E-state index is 11.8. The van der Waals surface area contributed by atoms with Crippen LogP contribution in [0.25, 0.3) is 0 Å². The summed E-state index contributed by atoms with van der Waals surface area (Å²) in [7, 11) is 0. The molecule has 0 aromatic heterocycles. The van der Waals surface area contributed by atoms with Crippen molar-refractivity contribution in [2.45, 2.75) is 19.8 Å². The molecule has 100 valence electrons. The van der Waals surface area contributed by atoms with Gasteiger partial charge >= 0.3 is 5.97 Å². The molecule has 0 saturated heterocycles. The smallest absolute Gasteiger partial charge is 0.303 e. The number of benzene rings is 1. The zero-order valence-corrected chi connectivity index (χ0v) is 10.7. The largest absolute Gasteiger partial charge is 0.481 e. The number of carboxylic acids is 1. The van der Waals surface area contributed by atoms with E-state index in [9.17, 15) is 9.59 Å². The van der Waals surface area contributed by atoms with Crippen LogP contribution in [0.4, 0.5) is 0 Å². The second-order valence-corrected chi connectivity index (χ2v) is 4.45. The van der Waals surface area contributed by atoms with Crippen LogP contribution < -0.4 is 5.32 Å². The maximum Gasteiger partial charge on any atom is 0.303 e. The van der Waals surface area contributed by atoms with E-state index in [0.29, 0.717) is 12.1 Å². The Hall–Kier alpha value is -2.35. The van der Waals surface area contributed by atoms with Gasteiger partial charge in [0.2, 0.25) is 0 Å². The molecule has 0 aliphatic carbocycles. The fourth-order valence-electron chi connectivity index (χ4n) is 1.65. The minimum absolute atomic E-state index is 0.0226. The number of hydrogen-bond donors (Lipinski definition) is 2. The molecule has 5 heteroatoms. The number of amides is 1. The first-order chi connectivity index (χ1) is 9.02. The lowest BCUT2D eigenvalue weighted by Crippen LogP contribution is -2.29. The van der Waals surface area contributed by atoms with E-state index < -0.39 is 5.97 Å². The van der Waals surface area contributed by atoms with Gasteiger partial charge in [0.1, 0.15) is 0 Å². The van der Waals surface area contributed by atoms with Crippen LogP contribution in [0.2, 0.25) is 0 Å². The van der Waals surface area contributed by atoms with Gasteiger partial charge in [-0.25, -0.2) is 0 Å². The van der Waals surface area contributed by atoms with E-state index >= 15 is 0 Å². The Morgan fingerprint density at radius 3 is 2.84 bits per heavy atom. The summed E-state index contributed by atoms with van der Waals surface area (Å²) in [5.41, 5.74) is 1.27. The van der Waals surface area contributed by atoms with Crippen molar-refractivity contribution in [3.05, 3.63) is 35.4 Å². The topological polar surface area (TPSA) is 90.2 Å². The second-order valence-electron chi connectivity index (χ2n) is 4.45. The molecule has 0 radical (unpaired) electrons. The SMILES string of the molecule is CC(CNC(=O)c1cccc(CC#N)c1)CC(=O)O. The summed E-state index contributed by atoms with van der Waals surface area (Å²) >= 11 is 0. The molecule has 1 amide bonds. The molecule has 0 aliphatic heterocycles. The van der Waals surface area contributed by atoms with Gasteiger partial charge in [0.15, 0.2) is 0 Å². The van der Waals surface area contributed by atoms with Gasteiger partial charge in [-0.1, -0.05) is 19.1 Å². The summed E-state index contributed by atoms with van der Waals surface area (Å²) in [6.07, 6.45) is 0.283. The molecule has 1 rings (SSSR count). The lowest BCUT2D eigenvalue weighted by Gasteiger charge is -2.10. The van der Waals surface area contributed by atoms with Gasteiger partial charge in [0.05, 0.1) is 12.5 Å². The highest BCUT2D eigenvalue weighted by atomic mass is 16.4. The number of nitrogens with one attached hydrogen (secondary N) is 1. The van der Waals surface area contributed by atoms with Gasteiger partial charge in [-0.2, -0.15) is 5.26 Å². The molecule has 1 atom stereocenters. The summed E-state index contributed by atoms with van der Waals surface area (Å²) in [6.45, 7) is 2.08. The highest BCUT2D eigenvalue weighted by Crippen LogP contribution is 2.06. The third-order valence-electron chi connectivity index (χ3n) is 2.61. The first-order valence-corrected chi connectivity index (χ1v) is 5.98. The molecule has 0 saturated carbocycles. The van der Waals surface area contributed by atoms with Crippen LogP contribution in [-0.4, -0.2) is 23.5 Å². The van der Waals surface area contributed by atoms with Crippen LogP contribution in [0.3, 0.4) is 0 Å². The van der Waals surface area contributed by atoms with E-state index in [1.54, 1.807) is 31.2 Å². The lowest BCUT2D eigenvalue weighted by atomic mass is 10.1. The summed E-state index contributed by atoms with van der Waals surface area (Å²) in [4.78, 5) is 22.3. The van der Waals surface area contributed by atoms with Crippen molar-refractivity contribution in [1.82, 2.24) is 5.32 Å². The zero-order chi connectivity index (χ0) is 14.3. The zero-order valence-electron chi connectivity index (χ0n) is 10.7. The quantitative estimate of drug-likeness (QED) is 0.812. The van der Waals surface area contributed by atoms with E-state index in [4.69, 9.17) is 10.4 Å². The molecule has 0 heterocycles. The number of nitrogens with zero attached hydrogens (tertiary/aromatic N) is 1. The normalized spacial score (nSPS) is 11.4. The average Bonchev–Trinajstić information content (AvgIpc) is 2.36. The van der Waals surface area contributed by atoms with Crippen LogP contribution in [0, 0.1) is 17.2 Å². The van der Waals surface area contributed by atoms with Crippen LogP contribution in [0.5, 0.6) is 0 Å². The number of carbonyl (C=O) groups is 2. The van der Waals surface area contributed by atoms with Crippen molar-refractivity contribution in [3.63, 3.8) is 0 Å². The van der Waals surface area contributed by atoms with Crippen molar-refractivity contribution >= 4 is 11.9 Å². The van der Waals surface area contributed by atoms with Crippen molar-refractivity contribution in [1.29, 1.82) is 5.26 Å². The fraction of sp³-hybridized carbons (Fsp3) is 0.357. The van der Waals surface area contributed by atoms with Gasteiger partial charge in [-0.05, 0) is 23.6 Å². The first-order valence-electron chi connectivity index (χ1n) is 5.98. The van der Waals surface area contributed by atoms with Gasteiger partial charge < -0.3 is 10.4 Å². The fourth-order valence-corrected chi connectivity index (χ4v) is 1.65. The van der Waals surface area contributed by atoms with Crippen LogP contribution in [0.1, 0.15) is 29.3 Å². The maximum absolute atomic E-state index is 11.8. The van der Waals surface area contributed by atoms with E-state index in [1.165, 1.54) is 0 Å². The van der Waals surface area contributed by atoms with Crippen molar-refractivity contribution in [3.8, 4) is 6.07 Å². The van der Waals surface area contributed by atoms with Crippen LogP contribution in [0.15, 0.2) is 24.3 Å². The Kier molecular flexibility index (Phi) is 5.55. The molecule has 0 aliphatic rings. The van der Waals surface area contributed by atoms with E-state index in [0.717, 1.165) is 5.56 Å². The average molecular weight is 260 g/mol. The minimum Gasteiger partial charge on any atom is -0.481 e. The number of carbonyl (C=O) groups excluding carboxylic acids is 1. The van der Waals surface area contributed by atoms with Gasteiger partial charge in [0, 0.05) is 18.5 Å². The second kappa shape index (κ2) is 7.17. The summed E-state index contributed by atoms with van der Waals surface area (Å²) in [6, 6.07) is 8.87. The predicted molar refractivity (Wildman–Crippen MR) is 69.5 cm³/mol. The molecule has 0 fully saturated rings. The molecule has 0 spiro atoms. The Morgan fingerprint density at radius 2 is 2.21 bits per heavy atom. The molecule has 0 bridgehead atoms. The monoisotopic (exact) mass is 260 g/mol. The molecule has 2 N–H and O–H groups in total. The lowest BCUT2D eigenvalue weighted by molar-refractivity contribution is -0.137. The van der Waals surface area contributed by atoms with Crippen molar-refractivity contribution in [2.75, 3.05) is 6.54 Å². The molecular formula is C14H16N2O3. The Balaban J connectivity index is 2.56. The summed E-state index contributed by atoms with van der Waals surface area (Å²) in [5, 5.41) is 19.9. The Bertz CT molecular complexity index is 506. The molecule has 1 aromatic rings.